The summed E-state index contributed by atoms with van der Waals surface area (Å²) in [5.74, 6) is -0.383. The number of amides is 1. The van der Waals surface area contributed by atoms with Crippen molar-refractivity contribution in [2.45, 2.75) is 12.5 Å². The molecule has 9 heteroatoms. The van der Waals surface area contributed by atoms with E-state index in [1.54, 1.807) is 24.3 Å². The molecule has 0 saturated heterocycles. The molecule has 0 bridgehead atoms. The normalized spacial score (nSPS) is 11.8. The zero-order chi connectivity index (χ0) is 18.9. The number of nitrogens with two attached hydrogens (primary N) is 1. The lowest BCUT2D eigenvalue weighted by Gasteiger charge is -2.11. The average Bonchev–Trinajstić information content (AvgIpc) is 2.55. The quantitative estimate of drug-likeness (QED) is 0.390. The van der Waals surface area contributed by atoms with Gasteiger partial charge in [0.05, 0.1) is 0 Å². The maximum atomic E-state index is 11.8. The Balaban J connectivity index is 0.000000550. The standard InChI is InChI=1S/C16H18N2O2.H2O4S/c17-14-8-6-12(7-9-14)10-11-18-16(20)15(19)13-4-2-1-3-5-13;1-5(2,3)4/h1-9,15,19H,10-11,17H2,(H,18,20);(H2,1,2,3,4)/t15-;/m1./s1. The first kappa shape index (κ1) is 20.6. The molecule has 0 saturated carbocycles. The number of anilines is 1. The second-order valence-electron chi connectivity index (χ2n) is 5.04. The van der Waals surface area contributed by atoms with Crippen molar-refractivity contribution in [2.24, 2.45) is 0 Å². The zero-order valence-corrected chi connectivity index (χ0v) is 14.1. The molecule has 0 aliphatic heterocycles. The van der Waals surface area contributed by atoms with Crippen LogP contribution >= 0.6 is 0 Å². The third-order valence-corrected chi connectivity index (χ3v) is 3.06. The van der Waals surface area contributed by atoms with Crippen molar-refractivity contribution in [3.8, 4) is 0 Å². The molecule has 0 fully saturated rings. The molecule has 1 atom stereocenters. The van der Waals surface area contributed by atoms with E-state index in [1.165, 1.54) is 0 Å². The fourth-order valence-corrected chi connectivity index (χ4v) is 1.90. The van der Waals surface area contributed by atoms with Gasteiger partial charge in [-0.2, -0.15) is 8.42 Å². The summed E-state index contributed by atoms with van der Waals surface area (Å²) >= 11 is 0. The molecule has 2 aromatic rings. The van der Waals surface area contributed by atoms with E-state index in [9.17, 15) is 9.90 Å². The van der Waals surface area contributed by atoms with Crippen LogP contribution in [-0.2, 0) is 21.6 Å². The number of nitrogen functional groups attached to an aromatic ring is 1. The third kappa shape index (κ3) is 9.42. The Morgan fingerprint density at radius 3 is 2.08 bits per heavy atom. The van der Waals surface area contributed by atoms with Crippen LogP contribution in [0.4, 0.5) is 5.69 Å². The molecule has 0 aliphatic rings. The summed E-state index contributed by atoms with van der Waals surface area (Å²) in [5.41, 5.74) is 8.01. The summed E-state index contributed by atoms with van der Waals surface area (Å²) in [7, 11) is -4.67. The fourth-order valence-electron chi connectivity index (χ4n) is 1.90. The van der Waals surface area contributed by atoms with Crippen molar-refractivity contribution in [1.82, 2.24) is 5.32 Å². The first-order valence-electron chi connectivity index (χ1n) is 7.22. The highest BCUT2D eigenvalue weighted by atomic mass is 32.3. The van der Waals surface area contributed by atoms with Crippen molar-refractivity contribution >= 4 is 22.0 Å². The lowest BCUT2D eigenvalue weighted by atomic mass is 10.1. The second kappa shape index (κ2) is 9.74. The maximum Gasteiger partial charge on any atom is 0.394 e. The summed E-state index contributed by atoms with van der Waals surface area (Å²) < 4.78 is 31.6. The topological polar surface area (TPSA) is 150 Å². The summed E-state index contributed by atoms with van der Waals surface area (Å²) in [6, 6.07) is 16.4. The van der Waals surface area contributed by atoms with E-state index in [-0.39, 0.29) is 5.91 Å². The van der Waals surface area contributed by atoms with Gasteiger partial charge in [0.25, 0.3) is 5.91 Å². The van der Waals surface area contributed by atoms with Crippen molar-refractivity contribution in [2.75, 3.05) is 12.3 Å². The van der Waals surface area contributed by atoms with Gasteiger partial charge in [-0.15, -0.1) is 0 Å². The molecule has 6 N–H and O–H groups in total. The highest BCUT2D eigenvalue weighted by Gasteiger charge is 2.15. The first-order chi connectivity index (χ1) is 11.7. The van der Waals surface area contributed by atoms with Crippen LogP contribution in [0.1, 0.15) is 17.2 Å². The van der Waals surface area contributed by atoms with Gasteiger partial charge in [-0.1, -0.05) is 42.5 Å². The Labute approximate surface area is 145 Å². The summed E-state index contributed by atoms with van der Waals surface area (Å²) in [6.45, 7) is 0.479. The van der Waals surface area contributed by atoms with Crippen molar-refractivity contribution in [1.29, 1.82) is 0 Å². The molecular weight excluding hydrogens is 348 g/mol. The molecule has 0 unspecified atom stereocenters. The summed E-state index contributed by atoms with van der Waals surface area (Å²) in [4.78, 5) is 11.8. The van der Waals surface area contributed by atoms with Crippen molar-refractivity contribution < 1.29 is 27.4 Å². The van der Waals surface area contributed by atoms with Crippen LogP contribution < -0.4 is 11.1 Å². The molecule has 1 amide bonds. The number of rotatable bonds is 5. The Morgan fingerprint density at radius 1 is 1.04 bits per heavy atom. The molecule has 0 aliphatic carbocycles. The maximum absolute atomic E-state index is 11.8. The molecule has 2 aromatic carbocycles. The number of hydrogen-bond acceptors (Lipinski definition) is 5. The van der Waals surface area contributed by atoms with Crippen LogP contribution in [0.2, 0.25) is 0 Å². The molecule has 25 heavy (non-hydrogen) atoms. The van der Waals surface area contributed by atoms with Crippen LogP contribution in [0.5, 0.6) is 0 Å². The molecule has 0 radical (unpaired) electrons. The molecule has 8 nitrogen and oxygen atoms in total. The summed E-state index contributed by atoms with van der Waals surface area (Å²) in [5, 5.41) is 12.6. The number of carbonyl (C=O) groups is 1. The number of carbonyl (C=O) groups excluding carboxylic acids is 1. The number of aliphatic hydroxyl groups excluding tert-OH is 1. The van der Waals surface area contributed by atoms with E-state index in [4.69, 9.17) is 23.3 Å². The predicted octanol–water partition coefficient (Wildman–Crippen LogP) is 1.01. The Kier molecular flexibility index (Phi) is 8.02. The first-order valence-corrected chi connectivity index (χ1v) is 8.61. The van der Waals surface area contributed by atoms with E-state index in [0.29, 0.717) is 18.5 Å². The largest absolute Gasteiger partial charge is 0.399 e. The number of hydrogen-bond donors (Lipinski definition) is 5. The van der Waals surface area contributed by atoms with Crippen LogP contribution in [0.15, 0.2) is 54.6 Å². The van der Waals surface area contributed by atoms with Crippen LogP contribution in [0, 0.1) is 0 Å². The third-order valence-electron chi connectivity index (χ3n) is 3.06. The fraction of sp³-hybridized carbons (Fsp3) is 0.188. The van der Waals surface area contributed by atoms with Gasteiger partial charge in [-0.25, -0.2) is 0 Å². The van der Waals surface area contributed by atoms with Gasteiger partial charge < -0.3 is 16.2 Å². The van der Waals surface area contributed by atoms with Crippen molar-refractivity contribution in [3.63, 3.8) is 0 Å². The van der Waals surface area contributed by atoms with Gasteiger partial charge in [0.15, 0.2) is 6.10 Å². The molecule has 0 heterocycles. The van der Waals surface area contributed by atoms with Gasteiger partial charge in [0.1, 0.15) is 0 Å². The number of nitrogens with one attached hydrogen (secondary N) is 1. The molecular formula is C16H20N2O6S. The van der Waals surface area contributed by atoms with E-state index in [0.717, 1.165) is 11.3 Å². The van der Waals surface area contributed by atoms with Gasteiger partial charge >= 0.3 is 10.4 Å². The van der Waals surface area contributed by atoms with Gasteiger partial charge in [-0.05, 0) is 29.7 Å². The minimum atomic E-state index is -4.67. The molecule has 0 spiro atoms. The van der Waals surface area contributed by atoms with E-state index in [1.807, 2.05) is 30.3 Å². The van der Waals surface area contributed by atoms with Crippen LogP contribution in [0.3, 0.4) is 0 Å². The van der Waals surface area contributed by atoms with Gasteiger partial charge in [0.2, 0.25) is 0 Å². The minimum absolute atomic E-state index is 0.383. The Bertz CT molecular complexity index is 755. The van der Waals surface area contributed by atoms with Crippen LogP contribution in [-0.4, -0.2) is 35.1 Å². The monoisotopic (exact) mass is 368 g/mol. The highest BCUT2D eigenvalue weighted by Crippen LogP contribution is 2.12. The van der Waals surface area contributed by atoms with E-state index >= 15 is 0 Å². The Morgan fingerprint density at radius 2 is 1.56 bits per heavy atom. The highest BCUT2D eigenvalue weighted by molar-refractivity contribution is 7.79. The lowest BCUT2D eigenvalue weighted by Crippen LogP contribution is -2.30. The average molecular weight is 368 g/mol. The summed E-state index contributed by atoms with van der Waals surface area (Å²) in [6.07, 6.45) is -0.421. The number of aliphatic hydroxyl groups is 1. The SMILES string of the molecule is Nc1ccc(CCNC(=O)[C@H](O)c2ccccc2)cc1.O=S(=O)(O)O. The van der Waals surface area contributed by atoms with E-state index < -0.39 is 16.5 Å². The lowest BCUT2D eigenvalue weighted by molar-refractivity contribution is -0.129. The van der Waals surface area contributed by atoms with Gasteiger partial charge in [-0.3, -0.25) is 13.9 Å². The van der Waals surface area contributed by atoms with Crippen molar-refractivity contribution in [3.05, 3.63) is 65.7 Å². The molecule has 2 rings (SSSR count). The van der Waals surface area contributed by atoms with Crippen LogP contribution in [0.25, 0.3) is 0 Å². The predicted molar refractivity (Wildman–Crippen MR) is 93.1 cm³/mol. The van der Waals surface area contributed by atoms with Gasteiger partial charge in [0, 0.05) is 12.2 Å². The zero-order valence-electron chi connectivity index (χ0n) is 13.2. The van der Waals surface area contributed by atoms with E-state index in [2.05, 4.69) is 5.32 Å². The second-order valence-corrected chi connectivity index (χ2v) is 5.94. The molecule has 0 aromatic heterocycles. The number of benzene rings is 2. The Hall–Kier alpha value is -2.46. The smallest absolute Gasteiger partial charge is 0.394 e. The molecule has 136 valence electrons. The minimum Gasteiger partial charge on any atom is -0.399 e.